The van der Waals surface area contributed by atoms with E-state index in [2.05, 4.69) is 55.8 Å². The largest absolute Gasteiger partial charge is 0.333 e. The summed E-state index contributed by atoms with van der Waals surface area (Å²) in [6, 6.07) is 9.84. The smallest absolute Gasteiger partial charge is 0.0345 e. The van der Waals surface area contributed by atoms with Gasteiger partial charge in [0.15, 0.2) is 0 Å². The maximum Gasteiger partial charge on any atom is 0.0345 e. The minimum atomic E-state index is 0.639. The molecule has 1 atom stereocenters. The maximum absolute atomic E-state index is 4.50. The SMILES string of the molecule is CC(C)c1ccc(C2CCCN2C)cc1.CN. The molecule has 2 heteroatoms. The van der Waals surface area contributed by atoms with E-state index in [0.29, 0.717) is 12.0 Å². The molecule has 1 aliphatic heterocycles. The molecule has 1 heterocycles. The van der Waals surface area contributed by atoms with Crippen molar-refractivity contribution in [3.63, 3.8) is 0 Å². The van der Waals surface area contributed by atoms with Crippen LogP contribution in [0.25, 0.3) is 0 Å². The third-order valence-electron chi connectivity index (χ3n) is 3.51. The molecule has 0 spiro atoms. The molecule has 1 aromatic rings. The molecular formula is C15H26N2. The van der Waals surface area contributed by atoms with Gasteiger partial charge in [-0.15, -0.1) is 0 Å². The van der Waals surface area contributed by atoms with Crippen molar-refractivity contribution in [1.82, 2.24) is 4.90 Å². The molecule has 96 valence electrons. The standard InChI is InChI=1S/C14H21N.CH5N/c1-11(2)12-6-8-13(9-7-12)14-5-4-10-15(14)3;1-2/h6-9,11,14H,4-5,10H2,1-3H3;2H2,1H3. The van der Waals surface area contributed by atoms with Crippen molar-refractivity contribution in [2.75, 3.05) is 20.6 Å². The van der Waals surface area contributed by atoms with Crippen LogP contribution in [0.3, 0.4) is 0 Å². The highest BCUT2D eigenvalue weighted by molar-refractivity contribution is 5.27. The fourth-order valence-electron chi connectivity index (χ4n) is 2.43. The summed E-state index contributed by atoms with van der Waals surface area (Å²) in [5.74, 6) is 0.639. The molecule has 0 radical (unpaired) electrons. The van der Waals surface area contributed by atoms with Crippen LogP contribution in [0.4, 0.5) is 0 Å². The molecule has 0 aliphatic carbocycles. The van der Waals surface area contributed by atoms with Crippen LogP contribution >= 0.6 is 0 Å². The Balaban J connectivity index is 0.000000686. The number of nitrogens with two attached hydrogens (primary N) is 1. The van der Waals surface area contributed by atoms with Gasteiger partial charge >= 0.3 is 0 Å². The van der Waals surface area contributed by atoms with Crippen molar-refractivity contribution < 1.29 is 0 Å². The average molecular weight is 234 g/mol. The first-order valence-corrected chi connectivity index (χ1v) is 6.56. The van der Waals surface area contributed by atoms with Gasteiger partial charge in [0.2, 0.25) is 0 Å². The molecule has 1 aromatic carbocycles. The second-order valence-corrected chi connectivity index (χ2v) is 4.96. The van der Waals surface area contributed by atoms with Crippen LogP contribution in [-0.2, 0) is 0 Å². The van der Waals surface area contributed by atoms with Crippen LogP contribution in [0.15, 0.2) is 24.3 Å². The lowest BCUT2D eigenvalue weighted by Gasteiger charge is -2.20. The van der Waals surface area contributed by atoms with Gasteiger partial charge in [-0.1, -0.05) is 38.1 Å². The van der Waals surface area contributed by atoms with Gasteiger partial charge in [-0.25, -0.2) is 0 Å². The summed E-state index contributed by atoms with van der Waals surface area (Å²) in [5.41, 5.74) is 7.43. The summed E-state index contributed by atoms with van der Waals surface area (Å²) in [6.07, 6.45) is 2.66. The van der Waals surface area contributed by atoms with Crippen LogP contribution in [0.2, 0.25) is 0 Å². The van der Waals surface area contributed by atoms with E-state index in [9.17, 15) is 0 Å². The van der Waals surface area contributed by atoms with E-state index >= 15 is 0 Å². The molecule has 0 bridgehead atoms. The van der Waals surface area contributed by atoms with Crippen LogP contribution in [0, 0.1) is 0 Å². The predicted octanol–water partition coefficient (Wildman–Crippen LogP) is 3.15. The Morgan fingerprint density at radius 3 is 2.18 bits per heavy atom. The molecule has 1 fully saturated rings. The Hall–Kier alpha value is -0.860. The van der Waals surface area contributed by atoms with Crippen molar-refractivity contribution in [1.29, 1.82) is 0 Å². The average Bonchev–Trinajstić information content (AvgIpc) is 2.78. The highest BCUT2D eigenvalue weighted by Gasteiger charge is 2.22. The van der Waals surface area contributed by atoms with Crippen LogP contribution < -0.4 is 5.73 Å². The normalized spacial score (nSPS) is 20.2. The number of rotatable bonds is 2. The Kier molecular flexibility index (Phi) is 5.66. The lowest BCUT2D eigenvalue weighted by Crippen LogP contribution is -2.17. The molecule has 17 heavy (non-hydrogen) atoms. The van der Waals surface area contributed by atoms with Crippen molar-refractivity contribution >= 4 is 0 Å². The van der Waals surface area contributed by atoms with E-state index in [1.54, 1.807) is 0 Å². The zero-order valence-electron chi connectivity index (χ0n) is 11.6. The first-order valence-electron chi connectivity index (χ1n) is 6.56. The molecule has 2 nitrogen and oxygen atoms in total. The minimum absolute atomic E-state index is 0.639. The van der Waals surface area contributed by atoms with Crippen molar-refractivity contribution in [2.45, 2.75) is 38.6 Å². The van der Waals surface area contributed by atoms with Gasteiger partial charge in [-0.2, -0.15) is 0 Å². The number of hydrogen-bond donors (Lipinski definition) is 1. The Bertz CT molecular complexity index is 316. The highest BCUT2D eigenvalue weighted by atomic mass is 15.1. The van der Waals surface area contributed by atoms with Crippen molar-refractivity contribution in [3.8, 4) is 0 Å². The Morgan fingerprint density at radius 2 is 1.76 bits per heavy atom. The zero-order chi connectivity index (χ0) is 12.8. The van der Waals surface area contributed by atoms with E-state index in [4.69, 9.17) is 0 Å². The third kappa shape index (κ3) is 3.55. The van der Waals surface area contributed by atoms with Crippen LogP contribution in [0.5, 0.6) is 0 Å². The molecule has 1 aliphatic rings. The van der Waals surface area contributed by atoms with E-state index in [1.165, 1.54) is 37.6 Å². The van der Waals surface area contributed by atoms with E-state index in [0.717, 1.165) is 0 Å². The van der Waals surface area contributed by atoms with Crippen molar-refractivity contribution in [3.05, 3.63) is 35.4 Å². The van der Waals surface area contributed by atoms with E-state index < -0.39 is 0 Å². The molecule has 1 saturated heterocycles. The number of hydrogen-bond acceptors (Lipinski definition) is 2. The summed E-state index contributed by atoms with van der Waals surface area (Å²) >= 11 is 0. The molecule has 0 saturated carbocycles. The first kappa shape index (κ1) is 14.2. The lowest BCUT2D eigenvalue weighted by molar-refractivity contribution is 0.317. The Labute approximate surface area is 106 Å². The summed E-state index contributed by atoms with van der Waals surface area (Å²) in [4.78, 5) is 2.46. The lowest BCUT2D eigenvalue weighted by atomic mass is 9.98. The van der Waals surface area contributed by atoms with Gasteiger partial charge < -0.3 is 5.73 Å². The predicted molar refractivity (Wildman–Crippen MR) is 75.2 cm³/mol. The highest BCUT2D eigenvalue weighted by Crippen LogP contribution is 2.30. The number of likely N-dealkylation sites (tertiary alicyclic amines) is 1. The summed E-state index contributed by atoms with van der Waals surface area (Å²) < 4.78 is 0. The molecule has 1 unspecified atom stereocenters. The Morgan fingerprint density at radius 1 is 1.18 bits per heavy atom. The summed E-state index contributed by atoms with van der Waals surface area (Å²) in [5, 5.41) is 0. The summed E-state index contributed by atoms with van der Waals surface area (Å²) in [7, 11) is 3.73. The van der Waals surface area contributed by atoms with Gasteiger partial charge in [0, 0.05) is 6.04 Å². The maximum atomic E-state index is 4.50. The van der Waals surface area contributed by atoms with Gasteiger partial charge in [0.25, 0.3) is 0 Å². The number of benzene rings is 1. The molecular weight excluding hydrogens is 208 g/mol. The van der Waals surface area contributed by atoms with Gasteiger partial charge in [-0.3, -0.25) is 4.90 Å². The minimum Gasteiger partial charge on any atom is -0.333 e. The first-order chi connectivity index (χ1) is 8.18. The van der Waals surface area contributed by atoms with Gasteiger partial charge in [0.05, 0.1) is 0 Å². The van der Waals surface area contributed by atoms with Gasteiger partial charge in [0.1, 0.15) is 0 Å². The monoisotopic (exact) mass is 234 g/mol. The van der Waals surface area contributed by atoms with E-state index in [-0.39, 0.29) is 0 Å². The van der Waals surface area contributed by atoms with Crippen LogP contribution in [-0.4, -0.2) is 25.5 Å². The zero-order valence-corrected chi connectivity index (χ0v) is 11.6. The summed E-state index contributed by atoms with van der Waals surface area (Å²) in [6.45, 7) is 5.74. The number of nitrogens with zero attached hydrogens (tertiary/aromatic N) is 1. The molecule has 0 amide bonds. The second-order valence-electron chi connectivity index (χ2n) is 4.96. The fourth-order valence-corrected chi connectivity index (χ4v) is 2.43. The van der Waals surface area contributed by atoms with E-state index in [1.807, 2.05) is 0 Å². The molecule has 2 rings (SSSR count). The molecule has 0 aromatic heterocycles. The van der Waals surface area contributed by atoms with Crippen LogP contribution in [0.1, 0.15) is 49.8 Å². The van der Waals surface area contributed by atoms with Crippen molar-refractivity contribution in [2.24, 2.45) is 5.73 Å². The second kappa shape index (κ2) is 6.77. The quantitative estimate of drug-likeness (QED) is 0.851. The topological polar surface area (TPSA) is 29.3 Å². The fraction of sp³-hybridized carbons (Fsp3) is 0.600. The third-order valence-corrected chi connectivity index (χ3v) is 3.51. The molecule has 2 N–H and O–H groups in total. The van der Waals surface area contributed by atoms with Gasteiger partial charge in [-0.05, 0) is 50.5 Å².